The fraction of sp³-hybridized carbons (Fsp3) is 0.638. The standard InChI is InChI=1S/C47H76N8O9S/c1-5-47(4,64-29-25-48)24-28-63-46(2,3)23-27-52-42(57)33-62-32-41(56)51-26-13-12-18-39(44(58)53-31-36-19-21-38(22-20-36)43(49)50)54-45(59)40(30-35-14-8-6-9-15-35)55-65(60,61)34-37-16-10-7-11-17-37/h7,10-11,16-17,19-22,35,39-40,55H,5-6,8-9,12-15,18,23-34,48H2,1-4H3,(H3,49,50)(H,51,56)(H,52,57)(H,53,58)(H,54,59)/t39-,40+,47?/m1/s1. The van der Waals surface area contributed by atoms with Crippen molar-refractivity contribution in [2.75, 3.05) is 46.1 Å². The largest absolute Gasteiger partial charge is 0.384 e. The van der Waals surface area contributed by atoms with Crippen LogP contribution in [0, 0.1) is 11.3 Å². The summed E-state index contributed by atoms with van der Waals surface area (Å²) < 4.78 is 46.8. The molecule has 1 aliphatic carbocycles. The third-order valence-electron chi connectivity index (χ3n) is 11.7. The first-order chi connectivity index (χ1) is 30.9. The molecule has 1 unspecified atom stereocenters. The maximum absolute atomic E-state index is 14.0. The van der Waals surface area contributed by atoms with E-state index in [4.69, 9.17) is 31.1 Å². The fourth-order valence-corrected chi connectivity index (χ4v) is 8.84. The van der Waals surface area contributed by atoms with Crippen LogP contribution in [-0.2, 0) is 55.7 Å². The number of hydrogen-bond acceptors (Lipinski definition) is 11. The van der Waals surface area contributed by atoms with Crippen molar-refractivity contribution in [3.8, 4) is 0 Å². The Morgan fingerprint density at radius 2 is 1.46 bits per heavy atom. The van der Waals surface area contributed by atoms with Crippen LogP contribution in [0.4, 0.5) is 0 Å². The van der Waals surface area contributed by atoms with E-state index < -0.39 is 45.4 Å². The number of carbonyl (C=O) groups is 4. The van der Waals surface area contributed by atoms with Gasteiger partial charge in [0.05, 0.1) is 30.2 Å². The number of nitrogen functional groups attached to an aromatic ring is 1. The summed E-state index contributed by atoms with van der Waals surface area (Å²) in [4.78, 5) is 52.6. The maximum Gasteiger partial charge on any atom is 0.246 e. The first-order valence-electron chi connectivity index (χ1n) is 23.1. The SMILES string of the molecule is CCC(C)(CCOC(C)(C)CCNC(=O)COCC(=O)NCCCC[C@@H](NC(=O)[C@H](CC1CCCCC1)NS(=O)(=O)Cc1ccccc1)C(=O)NCc1ccc(C(=N)N)cc1)OCCN. The highest BCUT2D eigenvalue weighted by molar-refractivity contribution is 7.88. The van der Waals surface area contributed by atoms with E-state index >= 15 is 0 Å². The molecule has 1 saturated carbocycles. The smallest absolute Gasteiger partial charge is 0.246 e. The summed E-state index contributed by atoms with van der Waals surface area (Å²) in [6.07, 6.45) is 8.44. The van der Waals surface area contributed by atoms with E-state index in [2.05, 4.69) is 32.9 Å². The molecule has 1 aliphatic rings. The molecule has 1 fully saturated rings. The average Bonchev–Trinajstić information content (AvgIpc) is 3.27. The van der Waals surface area contributed by atoms with Crippen LogP contribution in [0.1, 0.15) is 121 Å². The number of amides is 4. The number of rotatable bonds is 32. The van der Waals surface area contributed by atoms with Gasteiger partial charge in [-0.1, -0.05) is 93.6 Å². The molecule has 2 aromatic carbocycles. The number of nitrogens with two attached hydrogens (primary N) is 2. The molecule has 0 heterocycles. The first-order valence-corrected chi connectivity index (χ1v) is 24.7. The predicted molar refractivity (Wildman–Crippen MR) is 252 cm³/mol. The lowest BCUT2D eigenvalue weighted by Gasteiger charge is -2.31. The van der Waals surface area contributed by atoms with Gasteiger partial charge in [-0.25, -0.2) is 13.1 Å². The van der Waals surface area contributed by atoms with Crippen LogP contribution < -0.4 is 37.5 Å². The van der Waals surface area contributed by atoms with Crippen molar-refractivity contribution in [2.24, 2.45) is 17.4 Å². The zero-order valence-electron chi connectivity index (χ0n) is 39.0. The van der Waals surface area contributed by atoms with Gasteiger partial charge in [0.15, 0.2) is 0 Å². The van der Waals surface area contributed by atoms with E-state index in [0.29, 0.717) is 63.1 Å². The van der Waals surface area contributed by atoms with Crippen molar-refractivity contribution in [1.29, 1.82) is 5.41 Å². The Morgan fingerprint density at radius 3 is 2.09 bits per heavy atom. The minimum atomic E-state index is -3.92. The molecule has 65 heavy (non-hydrogen) atoms. The molecule has 0 saturated heterocycles. The Bertz CT molecular complexity index is 1880. The highest BCUT2D eigenvalue weighted by atomic mass is 32.2. The van der Waals surface area contributed by atoms with Gasteiger partial charge < -0.3 is 46.9 Å². The van der Waals surface area contributed by atoms with Gasteiger partial charge in [-0.2, -0.15) is 0 Å². The van der Waals surface area contributed by atoms with Gasteiger partial charge in [0.25, 0.3) is 0 Å². The van der Waals surface area contributed by atoms with Crippen molar-refractivity contribution >= 4 is 39.5 Å². The number of sulfonamides is 1. The second-order valence-corrected chi connectivity index (χ2v) is 19.5. The van der Waals surface area contributed by atoms with Crippen molar-refractivity contribution in [2.45, 2.75) is 140 Å². The molecule has 3 rings (SSSR count). The molecular formula is C47H76N8O9S. The Balaban J connectivity index is 1.50. The summed E-state index contributed by atoms with van der Waals surface area (Å²) >= 11 is 0. The quantitative estimate of drug-likeness (QED) is 0.0298. The van der Waals surface area contributed by atoms with Crippen LogP contribution in [0.5, 0.6) is 0 Å². The van der Waals surface area contributed by atoms with Crippen LogP contribution in [0.25, 0.3) is 0 Å². The molecule has 10 N–H and O–H groups in total. The predicted octanol–water partition coefficient (Wildman–Crippen LogP) is 3.67. The Hall–Kier alpha value is -4.46. The Labute approximate surface area is 386 Å². The monoisotopic (exact) mass is 929 g/mol. The maximum atomic E-state index is 14.0. The summed E-state index contributed by atoms with van der Waals surface area (Å²) in [5.41, 5.74) is 12.3. The third-order valence-corrected chi connectivity index (χ3v) is 13.1. The van der Waals surface area contributed by atoms with Gasteiger partial charge in [-0.05, 0) is 82.8 Å². The van der Waals surface area contributed by atoms with Gasteiger partial charge in [0.2, 0.25) is 33.7 Å². The van der Waals surface area contributed by atoms with Crippen molar-refractivity contribution in [3.63, 3.8) is 0 Å². The highest BCUT2D eigenvalue weighted by Crippen LogP contribution is 2.28. The Kier molecular flexibility index (Phi) is 24.1. The fourth-order valence-electron chi connectivity index (χ4n) is 7.49. The summed E-state index contributed by atoms with van der Waals surface area (Å²) in [7, 11) is -3.92. The molecule has 17 nitrogen and oxygen atoms in total. The van der Waals surface area contributed by atoms with Gasteiger partial charge >= 0.3 is 0 Å². The molecule has 18 heteroatoms. The summed E-state index contributed by atoms with van der Waals surface area (Å²) in [6, 6.07) is 13.5. The number of hydrogen-bond donors (Lipinski definition) is 8. The van der Waals surface area contributed by atoms with Crippen molar-refractivity contribution in [1.82, 2.24) is 26.0 Å². The second kappa shape index (κ2) is 28.5. The number of benzene rings is 2. The number of ether oxygens (including phenoxy) is 3. The van der Waals surface area contributed by atoms with E-state index in [1.165, 1.54) is 0 Å². The Morgan fingerprint density at radius 1 is 0.800 bits per heavy atom. The van der Waals surface area contributed by atoms with Crippen LogP contribution >= 0.6 is 0 Å². The lowest BCUT2D eigenvalue weighted by atomic mass is 9.85. The number of nitrogens with one attached hydrogen (secondary N) is 6. The number of unbranched alkanes of at least 4 members (excludes halogenated alkanes) is 1. The van der Waals surface area contributed by atoms with Crippen LogP contribution in [0.3, 0.4) is 0 Å². The van der Waals surface area contributed by atoms with Crippen LogP contribution in [-0.4, -0.2) is 107 Å². The molecule has 364 valence electrons. The molecule has 0 aliphatic heterocycles. The van der Waals surface area contributed by atoms with Crippen molar-refractivity contribution in [3.05, 3.63) is 71.3 Å². The molecular weight excluding hydrogens is 853 g/mol. The minimum absolute atomic E-state index is 0.0771. The summed E-state index contributed by atoms with van der Waals surface area (Å²) in [5, 5.41) is 18.9. The third kappa shape index (κ3) is 22.5. The average molecular weight is 929 g/mol. The van der Waals surface area contributed by atoms with Crippen LogP contribution in [0.15, 0.2) is 54.6 Å². The van der Waals surface area contributed by atoms with Gasteiger partial charge in [-0.15, -0.1) is 0 Å². The molecule has 0 radical (unpaired) electrons. The number of carbonyl (C=O) groups excluding carboxylic acids is 4. The molecule has 4 amide bonds. The molecule has 2 aromatic rings. The molecule has 0 spiro atoms. The molecule has 0 bridgehead atoms. The van der Waals surface area contributed by atoms with Gasteiger partial charge in [0.1, 0.15) is 31.1 Å². The molecule has 3 atom stereocenters. The van der Waals surface area contributed by atoms with E-state index in [1.54, 1.807) is 54.6 Å². The normalized spacial score (nSPS) is 15.3. The van der Waals surface area contributed by atoms with E-state index in [9.17, 15) is 27.6 Å². The topological polar surface area (TPSA) is 266 Å². The van der Waals surface area contributed by atoms with E-state index in [-0.39, 0.29) is 61.7 Å². The van der Waals surface area contributed by atoms with Gasteiger partial charge in [0, 0.05) is 31.7 Å². The number of amidine groups is 1. The minimum Gasteiger partial charge on any atom is -0.384 e. The van der Waals surface area contributed by atoms with Crippen LogP contribution in [0.2, 0.25) is 0 Å². The van der Waals surface area contributed by atoms with Gasteiger partial charge in [-0.3, -0.25) is 24.6 Å². The summed E-state index contributed by atoms with van der Waals surface area (Å²) in [5.74, 6) is -2.01. The zero-order chi connectivity index (χ0) is 47.7. The zero-order valence-corrected chi connectivity index (χ0v) is 39.8. The lowest BCUT2D eigenvalue weighted by molar-refractivity contribution is -0.131. The lowest BCUT2D eigenvalue weighted by Crippen LogP contribution is -2.54. The second-order valence-electron chi connectivity index (χ2n) is 17.8. The summed E-state index contributed by atoms with van der Waals surface area (Å²) in [6.45, 7) is 9.66. The highest BCUT2D eigenvalue weighted by Gasteiger charge is 2.32. The van der Waals surface area contributed by atoms with Crippen molar-refractivity contribution < 1.29 is 41.8 Å². The van der Waals surface area contributed by atoms with E-state index in [1.807, 2.05) is 20.8 Å². The first kappa shape index (κ1) is 54.9. The van der Waals surface area contributed by atoms with E-state index in [0.717, 1.165) is 50.5 Å². The molecule has 0 aromatic heterocycles.